The highest BCUT2D eigenvalue weighted by atomic mass is 32.2. The van der Waals surface area contributed by atoms with Crippen molar-refractivity contribution in [3.8, 4) is 11.5 Å². The first-order valence-electron chi connectivity index (χ1n) is 14.6. The highest BCUT2D eigenvalue weighted by molar-refractivity contribution is 8.00. The number of amides is 3. The minimum Gasteiger partial charge on any atom is -0.497 e. The fourth-order valence-electron chi connectivity index (χ4n) is 4.56. The molecule has 1 atom stereocenters. The highest BCUT2D eigenvalue weighted by Gasteiger charge is 2.24. The third kappa shape index (κ3) is 8.86. The summed E-state index contributed by atoms with van der Waals surface area (Å²) in [4.78, 5) is 45.2. The number of pyridine rings is 1. The van der Waals surface area contributed by atoms with Crippen molar-refractivity contribution >= 4 is 46.9 Å². The number of carbonyl (C=O) groups is 3. The number of hydrogen-bond acceptors (Lipinski definition) is 7. The molecule has 3 amide bonds. The number of benzene rings is 4. The lowest BCUT2D eigenvalue weighted by Crippen LogP contribution is -2.30. The fraction of sp³-hybridized carbons (Fsp3) is 0.0811. The first kappa shape index (κ1) is 32.5. The van der Waals surface area contributed by atoms with E-state index in [0.717, 1.165) is 10.5 Å². The quantitative estimate of drug-likeness (QED) is 0.0991. The smallest absolute Gasteiger partial charge is 0.272 e. The van der Waals surface area contributed by atoms with Crippen LogP contribution in [0.1, 0.15) is 26.7 Å². The Labute approximate surface area is 277 Å². The molecule has 0 saturated heterocycles. The summed E-state index contributed by atoms with van der Waals surface area (Å²) < 4.78 is 10.8. The molecule has 5 aromatic rings. The molecule has 10 heteroatoms. The zero-order valence-electron chi connectivity index (χ0n) is 25.7. The van der Waals surface area contributed by atoms with Crippen molar-refractivity contribution in [2.75, 3.05) is 24.9 Å². The molecule has 1 unspecified atom stereocenters. The van der Waals surface area contributed by atoms with E-state index < -0.39 is 17.1 Å². The SMILES string of the molecule is COc1ccc(OC)c(NC(=O)C(Sc2cccc(NC(=O)/C(=C/c3cccnc3)NC(=O)c3ccccc3)c2)c2ccccc2)c1. The molecule has 236 valence electrons. The normalized spacial score (nSPS) is 11.6. The number of anilines is 2. The first-order valence-corrected chi connectivity index (χ1v) is 15.5. The topological polar surface area (TPSA) is 119 Å². The molecule has 9 nitrogen and oxygen atoms in total. The van der Waals surface area contributed by atoms with Crippen LogP contribution in [0.15, 0.2) is 138 Å². The van der Waals surface area contributed by atoms with Crippen LogP contribution >= 0.6 is 11.8 Å². The Kier molecular flexibility index (Phi) is 11.0. The van der Waals surface area contributed by atoms with Crippen molar-refractivity contribution in [2.24, 2.45) is 0 Å². The average Bonchev–Trinajstić information content (AvgIpc) is 3.11. The van der Waals surface area contributed by atoms with Gasteiger partial charge in [-0.05, 0) is 65.7 Å². The number of carbonyl (C=O) groups excluding carboxylic acids is 3. The number of aromatic nitrogens is 1. The van der Waals surface area contributed by atoms with E-state index in [1.807, 2.05) is 42.5 Å². The number of nitrogens with zero attached hydrogens (tertiary/aromatic N) is 1. The van der Waals surface area contributed by atoms with Gasteiger partial charge in [-0.2, -0.15) is 0 Å². The first-order chi connectivity index (χ1) is 22.9. The Morgan fingerprint density at radius 2 is 1.55 bits per heavy atom. The second kappa shape index (κ2) is 15.9. The van der Waals surface area contributed by atoms with Gasteiger partial charge >= 0.3 is 0 Å². The summed E-state index contributed by atoms with van der Waals surface area (Å²) in [5.74, 6) is -0.152. The molecule has 0 aliphatic rings. The number of thioether (sulfide) groups is 1. The van der Waals surface area contributed by atoms with E-state index >= 15 is 0 Å². The van der Waals surface area contributed by atoms with E-state index in [1.54, 1.807) is 98.4 Å². The van der Waals surface area contributed by atoms with Gasteiger partial charge in [0.1, 0.15) is 22.4 Å². The van der Waals surface area contributed by atoms with Gasteiger partial charge in [-0.1, -0.05) is 60.7 Å². The van der Waals surface area contributed by atoms with Crippen LogP contribution in [0.3, 0.4) is 0 Å². The van der Waals surface area contributed by atoms with Crippen molar-refractivity contribution < 1.29 is 23.9 Å². The van der Waals surface area contributed by atoms with Gasteiger partial charge in [0.15, 0.2) is 0 Å². The third-order valence-electron chi connectivity index (χ3n) is 6.88. The lowest BCUT2D eigenvalue weighted by Gasteiger charge is -2.19. The molecule has 3 N–H and O–H groups in total. The Morgan fingerprint density at radius 3 is 2.26 bits per heavy atom. The van der Waals surface area contributed by atoms with Crippen LogP contribution in [0.5, 0.6) is 11.5 Å². The van der Waals surface area contributed by atoms with E-state index in [2.05, 4.69) is 20.9 Å². The minimum atomic E-state index is -0.649. The lowest BCUT2D eigenvalue weighted by molar-refractivity contribution is -0.116. The molecule has 0 bridgehead atoms. The van der Waals surface area contributed by atoms with Crippen LogP contribution in [0, 0.1) is 0 Å². The Bertz CT molecular complexity index is 1870. The Morgan fingerprint density at radius 1 is 0.787 bits per heavy atom. The summed E-state index contributed by atoms with van der Waals surface area (Å²) in [5.41, 5.74) is 2.83. The summed E-state index contributed by atoms with van der Waals surface area (Å²) in [5, 5.41) is 7.95. The molecule has 1 aromatic heterocycles. The van der Waals surface area contributed by atoms with Crippen molar-refractivity contribution in [3.63, 3.8) is 0 Å². The van der Waals surface area contributed by atoms with Gasteiger partial charge in [0, 0.05) is 34.6 Å². The van der Waals surface area contributed by atoms with Crippen molar-refractivity contribution in [2.45, 2.75) is 10.1 Å². The zero-order chi connectivity index (χ0) is 33.0. The second-order valence-electron chi connectivity index (χ2n) is 10.1. The molecule has 0 aliphatic carbocycles. The van der Waals surface area contributed by atoms with E-state index in [0.29, 0.717) is 34.0 Å². The molecule has 0 spiro atoms. The summed E-state index contributed by atoms with van der Waals surface area (Å²) in [6.07, 6.45) is 4.78. The number of nitrogens with one attached hydrogen (secondary N) is 3. The summed E-state index contributed by atoms with van der Waals surface area (Å²) in [7, 11) is 3.09. The maximum Gasteiger partial charge on any atom is 0.272 e. The van der Waals surface area contributed by atoms with Gasteiger partial charge < -0.3 is 25.4 Å². The van der Waals surface area contributed by atoms with Crippen molar-refractivity contribution in [3.05, 3.63) is 150 Å². The number of rotatable bonds is 12. The van der Waals surface area contributed by atoms with Crippen LogP contribution in [0.2, 0.25) is 0 Å². The van der Waals surface area contributed by atoms with Crippen molar-refractivity contribution in [1.29, 1.82) is 0 Å². The predicted molar refractivity (Wildman–Crippen MR) is 184 cm³/mol. The molecule has 0 saturated carbocycles. The van der Waals surface area contributed by atoms with E-state index in [4.69, 9.17) is 9.47 Å². The molecular formula is C37H32N4O5S. The monoisotopic (exact) mass is 644 g/mol. The largest absolute Gasteiger partial charge is 0.497 e. The van der Waals surface area contributed by atoms with Crippen LogP contribution < -0.4 is 25.4 Å². The van der Waals surface area contributed by atoms with Crippen molar-refractivity contribution in [1.82, 2.24) is 10.3 Å². The van der Waals surface area contributed by atoms with Gasteiger partial charge in [0.05, 0.1) is 19.9 Å². The molecule has 5 rings (SSSR count). The van der Waals surface area contributed by atoms with Gasteiger partial charge in [-0.25, -0.2) is 0 Å². The molecule has 0 aliphatic heterocycles. The maximum atomic E-state index is 13.8. The number of methoxy groups -OCH3 is 2. The van der Waals surface area contributed by atoms with Crippen LogP contribution in [0.25, 0.3) is 6.08 Å². The van der Waals surface area contributed by atoms with E-state index in [9.17, 15) is 14.4 Å². The lowest BCUT2D eigenvalue weighted by atomic mass is 10.1. The molecule has 1 heterocycles. The molecule has 0 radical (unpaired) electrons. The van der Waals surface area contributed by atoms with Crippen LogP contribution in [0.4, 0.5) is 11.4 Å². The maximum absolute atomic E-state index is 13.8. The van der Waals surface area contributed by atoms with Gasteiger partial charge in [-0.3, -0.25) is 19.4 Å². The van der Waals surface area contributed by atoms with Crippen LogP contribution in [-0.4, -0.2) is 36.9 Å². The van der Waals surface area contributed by atoms with E-state index in [-0.39, 0.29) is 11.6 Å². The number of hydrogen-bond donors (Lipinski definition) is 3. The average molecular weight is 645 g/mol. The van der Waals surface area contributed by atoms with Gasteiger partial charge in [-0.15, -0.1) is 11.8 Å². The van der Waals surface area contributed by atoms with Gasteiger partial charge in [0.25, 0.3) is 11.8 Å². The minimum absolute atomic E-state index is 0.0404. The van der Waals surface area contributed by atoms with E-state index in [1.165, 1.54) is 18.9 Å². The van der Waals surface area contributed by atoms with Gasteiger partial charge in [0.2, 0.25) is 5.91 Å². The van der Waals surface area contributed by atoms with Crippen LogP contribution in [-0.2, 0) is 9.59 Å². The summed E-state index contributed by atoms with van der Waals surface area (Å²) >= 11 is 1.32. The third-order valence-corrected chi connectivity index (χ3v) is 8.12. The molecule has 47 heavy (non-hydrogen) atoms. The predicted octanol–water partition coefficient (Wildman–Crippen LogP) is 6.98. The molecule has 4 aromatic carbocycles. The molecular weight excluding hydrogens is 612 g/mol. The standard InChI is InChI=1S/C37H32N4O5S/c1-45-29-18-19-33(46-2)31(23-29)40-37(44)34(26-12-5-3-6-13-26)47-30-17-9-16-28(22-30)39-36(43)32(21-25-11-10-20-38-24-25)41-35(42)27-14-7-4-8-15-27/h3-24,34H,1-2H3,(H,39,43)(H,40,44)(H,41,42)/b32-21-. The summed E-state index contributed by atoms with van der Waals surface area (Å²) in [6.45, 7) is 0. The highest BCUT2D eigenvalue weighted by Crippen LogP contribution is 2.38. The zero-order valence-corrected chi connectivity index (χ0v) is 26.5. The Balaban J connectivity index is 1.38. The summed E-state index contributed by atoms with van der Waals surface area (Å²) in [6, 6.07) is 33.9. The second-order valence-corrected chi connectivity index (χ2v) is 11.3. The fourth-order valence-corrected chi connectivity index (χ4v) is 5.65. The molecule has 0 fully saturated rings. The Hall–Kier alpha value is -5.87. The number of ether oxygens (including phenoxy) is 2.